The molecule has 4 nitrogen and oxygen atoms in total. The highest BCUT2D eigenvalue weighted by molar-refractivity contribution is 5.66. The Hall–Kier alpha value is -2.27. The molecule has 1 unspecified atom stereocenters. The second-order valence-corrected chi connectivity index (χ2v) is 5.73. The summed E-state index contributed by atoms with van der Waals surface area (Å²) >= 11 is 0. The van der Waals surface area contributed by atoms with Crippen molar-refractivity contribution in [1.29, 1.82) is 0 Å². The van der Waals surface area contributed by atoms with E-state index in [-0.39, 0.29) is 25.1 Å². The van der Waals surface area contributed by atoms with Crippen LogP contribution in [0.1, 0.15) is 36.2 Å². The van der Waals surface area contributed by atoms with E-state index in [9.17, 15) is 14.3 Å². The third-order valence-electron chi connectivity index (χ3n) is 3.78. The lowest BCUT2D eigenvalue weighted by molar-refractivity contribution is -0.137. The van der Waals surface area contributed by atoms with Gasteiger partial charge in [0.2, 0.25) is 0 Å². The number of carbonyl (C=O) groups is 1. The van der Waals surface area contributed by atoms with E-state index >= 15 is 0 Å². The molecule has 0 amide bonds. The molecular weight excluding hydrogens is 297 g/mol. The van der Waals surface area contributed by atoms with Crippen LogP contribution < -0.4 is 0 Å². The molecule has 0 spiro atoms. The maximum Gasteiger partial charge on any atom is 0.303 e. The Morgan fingerprint density at radius 2 is 1.91 bits per heavy atom. The van der Waals surface area contributed by atoms with Crippen molar-refractivity contribution in [1.82, 2.24) is 4.98 Å². The van der Waals surface area contributed by atoms with Gasteiger partial charge in [-0.25, -0.2) is 4.39 Å². The number of hydrogen-bond acceptors (Lipinski definition) is 3. The highest BCUT2D eigenvalue weighted by Crippen LogP contribution is 2.31. The van der Waals surface area contributed by atoms with Gasteiger partial charge in [-0.3, -0.25) is 9.78 Å². The van der Waals surface area contributed by atoms with Gasteiger partial charge in [-0.05, 0) is 49.6 Å². The van der Waals surface area contributed by atoms with Crippen LogP contribution in [-0.2, 0) is 16.8 Å². The topological polar surface area (TPSA) is 70.4 Å². The molecule has 0 aliphatic rings. The van der Waals surface area contributed by atoms with Gasteiger partial charge in [0, 0.05) is 24.2 Å². The summed E-state index contributed by atoms with van der Waals surface area (Å²) in [6, 6.07) is 11.2. The fourth-order valence-electron chi connectivity index (χ4n) is 2.62. The number of aromatic nitrogens is 1. The van der Waals surface area contributed by atoms with Gasteiger partial charge in [-0.1, -0.05) is 18.2 Å². The molecular formula is C18H20FNO3. The first-order chi connectivity index (χ1) is 10.9. The number of aryl methyl sites for hydroxylation is 1. The number of hydrogen-bond donors (Lipinski definition) is 2. The summed E-state index contributed by atoms with van der Waals surface area (Å²) in [5, 5.41) is 19.9. The van der Waals surface area contributed by atoms with Crippen LogP contribution in [0, 0.1) is 12.7 Å². The van der Waals surface area contributed by atoms with Crippen LogP contribution >= 0.6 is 0 Å². The molecule has 1 atom stereocenters. The van der Waals surface area contributed by atoms with Crippen molar-refractivity contribution in [3.63, 3.8) is 0 Å². The van der Waals surface area contributed by atoms with Crippen molar-refractivity contribution in [2.75, 3.05) is 0 Å². The van der Waals surface area contributed by atoms with E-state index in [1.807, 2.05) is 25.1 Å². The van der Waals surface area contributed by atoms with E-state index in [0.717, 1.165) is 5.69 Å². The van der Waals surface area contributed by atoms with Gasteiger partial charge in [0.05, 0.1) is 5.60 Å². The standard InChI is InChI=1S/C18H20FNO3/c1-13-4-2-5-16(20-13)12-18(23,11-3-6-17(21)22)14-7-9-15(19)10-8-14/h2,4-5,7-10,23H,3,6,11-12H2,1H3,(H,21,22). The smallest absolute Gasteiger partial charge is 0.303 e. The first kappa shape index (κ1) is 17.1. The Bertz CT molecular complexity index is 672. The Morgan fingerprint density at radius 1 is 1.22 bits per heavy atom. The second kappa shape index (κ2) is 7.33. The number of rotatable bonds is 7. The number of halogens is 1. The molecule has 2 aromatic rings. The van der Waals surface area contributed by atoms with Crippen molar-refractivity contribution < 1.29 is 19.4 Å². The number of aliphatic hydroxyl groups is 1. The van der Waals surface area contributed by atoms with Crippen molar-refractivity contribution in [3.8, 4) is 0 Å². The maximum atomic E-state index is 13.1. The summed E-state index contributed by atoms with van der Waals surface area (Å²) in [5.74, 6) is -1.28. The molecule has 0 fully saturated rings. The molecule has 0 saturated heterocycles. The predicted molar refractivity (Wildman–Crippen MR) is 84.5 cm³/mol. The molecule has 23 heavy (non-hydrogen) atoms. The van der Waals surface area contributed by atoms with Crippen LogP contribution in [-0.4, -0.2) is 21.2 Å². The van der Waals surface area contributed by atoms with Crippen LogP contribution in [0.3, 0.4) is 0 Å². The second-order valence-electron chi connectivity index (χ2n) is 5.73. The van der Waals surface area contributed by atoms with Crippen molar-refractivity contribution in [3.05, 3.63) is 65.2 Å². The summed E-state index contributed by atoms with van der Waals surface area (Å²) in [6.45, 7) is 1.87. The van der Waals surface area contributed by atoms with E-state index in [1.54, 1.807) is 0 Å². The average Bonchev–Trinajstić information content (AvgIpc) is 2.47. The average molecular weight is 317 g/mol. The molecule has 0 radical (unpaired) electrons. The summed E-state index contributed by atoms with van der Waals surface area (Å²) in [4.78, 5) is 15.1. The Kier molecular flexibility index (Phi) is 5.45. The number of pyridine rings is 1. The predicted octanol–water partition coefficient (Wildman–Crippen LogP) is 3.21. The van der Waals surface area contributed by atoms with Gasteiger partial charge in [0.15, 0.2) is 0 Å². The summed E-state index contributed by atoms with van der Waals surface area (Å²) < 4.78 is 13.1. The quantitative estimate of drug-likeness (QED) is 0.822. The number of nitrogens with zero attached hydrogens (tertiary/aromatic N) is 1. The van der Waals surface area contributed by atoms with Gasteiger partial charge in [-0.2, -0.15) is 0 Å². The lowest BCUT2D eigenvalue weighted by atomic mass is 9.84. The highest BCUT2D eigenvalue weighted by Gasteiger charge is 2.30. The van der Waals surface area contributed by atoms with Crippen LogP contribution in [0.2, 0.25) is 0 Å². The maximum absolute atomic E-state index is 13.1. The van der Waals surface area contributed by atoms with Gasteiger partial charge in [0.1, 0.15) is 5.82 Å². The van der Waals surface area contributed by atoms with Crippen LogP contribution in [0.25, 0.3) is 0 Å². The van der Waals surface area contributed by atoms with Crippen molar-refractivity contribution >= 4 is 5.97 Å². The molecule has 122 valence electrons. The van der Waals surface area contributed by atoms with Gasteiger partial charge >= 0.3 is 5.97 Å². The SMILES string of the molecule is Cc1cccc(CC(O)(CCCC(=O)O)c2ccc(F)cc2)n1. The molecule has 5 heteroatoms. The number of benzene rings is 1. The zero-order chi connectivity index (χ0) is 16.9. The van der Waals surface area contributed by atoms with E-state index < -0.39 is 11.6 Å². The third kappa shape index (κ3) is 4.86. The Morgan fingerprint density at radius 3 is 2.52 bits per heavy atom. The van der Waals surface area contributed by atoms with Gasteiger partial charge in [-0.15, -0.1) is 0 Å². The minimum Gasteiger partial charge on any atom is -0.481 e. The summed E-state index contributed by atoms with van der Waals surface area (Å²) in [6.07, 6.45) is 0.820. The fraction of sp³-hybridized carbons (Fsp3) is 0.333. The molecule has 0 bridgehead atoms. The molecule has 1 heterocycles. The van der Waals surface area contributed by atoms with Crippen LogP contribution in [0.15, 0.2) is 42.5 Å². The molecule has 1 aromatic carbocycles. The lowest BCUT2D eigenvalue weighted by Crippen LogP contribution is -2.29. The molecule has 2 N–H and O–H groups in total. The van der Waals surface area contributed by atoms with Gasteiger partial charge < -0.3 is 10.2 Å². The molecule has 2 rings (SSSR count). The monoisotopic (exact) mass is 317 g/mol. The highest BCUT2D eigenvalue weighted by atomic mass is 19.1. The first-order valence-corrected chi connectivity index (χ1v) is 7.52. The zero-order valence-corrected chi connectivity index (χ0v) is 13.0. The number of aliphatic carboxylic acids is 1. The van der Waals surface area contributed by atoms with Crippen LogP contribution in [0.4, 0.5) is 4.39 Å². The molecule has 0 saturated carbocycles. The minimum atomic E-state index is -1.27. The minimum absolute atomic E-state index is 0.0231. The van der Waals surface area contributed by atoms with E-state index in [0.29, 0.717) is 17.7 Å². The van der Waals surface area contributed by atoms with Crippen LogP contribution in [0.5, 0.6) is 0 Å². The van der Waals surface area contributed by atoms with Gasteiger partial charge in [0.25, 0.3) is 0 Å². The number of carboxylic acid groups (broad SMARTS) is 1. The first-order valence-electron chi connectivity index (χ1n) is 7.52. The fourth-order valence-corrected chi connectivity index (χ4v) is 2.62. The lowest BCUT2D eigenvalue weighted by Gasteiger charge is -2.28. The molecule has 0 aliphatic heterocycles. The molecule has 0 aliphatic carbocycles. The van der Waals surface area contributed by atoms with E-state index in [4.69, 9.17) is 5.11 Å². The Balaban J connectivity index is 2.26. The molecule has 1 aromatic heterocycles. The summed E-state index contributed by atoms with van der Waals surface area (Å²) in [5.41, 5.74) is 0.846. The Labute approximate surface area is 134 Å². The summed E-state index contributed by atoms with van der Waals surface area (Å²) in [7, 11) is 0. The largest absolute Gasteiger partial charge is 0.481 e. The van der Waals surface area contributed by atoms with E-state index in [1.165, 1.54) is 24.3 Å². The van der Waals surface area contributed by atoms with Crippen molar-refractivity contribution in [2.24, 2.45) is 0 Å². The third-order valence-corrected chi connectivity index (χ3v) is 3.78. The number of carboxylic acids is 1. The normalized spacial score (nSPS) is 13.5. The zero-order valence-electron chi connectivity index (χ0n) is 13.0. The van der Waals surface area contributed by atoms with Crippen molar-refractivity contribution in [2.45, 2.75) is 38.2 Å². The van der Waals surface area contributed by atoms with E-state index in [2.05, 4.69) is 4.98 Å².